The van der Waals surface area contributed by atoms with Gasteiger partial charge < -0.3 is 10.6 Å². The van der Waals surface area contributed by atoms with Crippen LogP contribution >= 0.6 is 11.8 Å². The van der Waals surface area contributed by atoms with Crippen molar-refractivity contribution in [2.75, 3.05) is 18.8 Å². The van der Waals surface area contributed by atoms with Gasteiger partial charge in [-0.25, -0.2) is 8.42 Å². The standard InChI is InChI=1S/C16H24N2O3S2/c1-3-10-23(20,21)15-7-5-4-6-14(15)22-12(2)16(19)18-13-8-9-17-11-13/h4-7,12-13,17H,3,8-11H2,1-2H3,(H,18,19). The van der Waals surface area contributed by atoms with Crippen LogP contribution in [0, 0.1) is 0 Å². The molecule has 128 valence electrons. The van der Waals surface area contributed by atoms with E-state index < -0.39 is 9.84 Å². The molecule has 23 heavy (non-hydrogen) atoms. The van der Waals surface area contributed by atoms with Gasteiger partial charge in [-0.1, -0.05) is 19.1 Å². The van der Waals surface area contributed by atoms with Gasteiger partial charge in [-0.3, -0.25) is 4.79 Å². The molecule has 2 unspecified atom stereocenters. The van der Waals surface area contributed by atoms with E-state index >= 15 is 0 Å². The van der Waals surface area contributed by atoms with Crippen LogP contribution in [-0.2, 0) is 14.6 Å². The lowest BCUT2D eigenvalue weighted by atomic mass is 10.2. The Bertz CT molecular complexity index is 640. The van der Waals surface area contributed by atoms with Crippen molar-refractivity contribution in [1.82, 2.24) is 10.6 Å². The average Bonchev–Trinajstić information content (AvgIpc) is 3.00. The van der Waals surface area contributed by atoms with Gasteiger partial charge in [0.25, 0.3) is 0 Å². The van der Waals surface area contributed by atoms with Crippen LogP contribution in [0.4, 0.5) is 0 Å². The zero-order chi connectivity index (χ0) is 16.9. The molecule has 2 rings (SSSR count). The number of rotatable bonds is 7. The molecule has 0 saturated carbocycles. The third-order valence-corrected chi connectivity index (χ3v) is 7.02. The van der Waals surface area contributed by atoms with E-state index in [2.05, 4.69) is 10.6 Å². The largest absolute Gasteiger partial charge is 0.351 e. The highest BCUT2D eigenvalue weighted by atomic mass is 32.2. The first-order valence-corrected chi connectivity index (χ1v) is 10.5. The third-order valence-electron chi connectivity index (χ3n) is 3.74. The van der Waals surface area contributed by atoms with Crippen molar-refractivity contribution in [2.24, 2.45) is 0 Å². The van der Waals surface area contributed by atoms with Crippen molar-refractivity contribution < 1.29 is 13.2 Å². The summed E-state index contributed by atoms with van der Waals surface area (Å²) in [5, 5.41) is 5.88. The first-order chi connectivity index (χ1) is 10.9. The molecule has 0 aliphatic carbocycles. The summed E-state index contributed by atoms with van der Waals surface area (Å²) < 4.78 is 24.7. The topological polar surface area (TPSA) is 75.3 Å². The number of sulfone groups is 1. The summed E-state index contributed by atoms with van der Waals surface area (Å²) in [5.41, 5.74) is 0. The van der Waals surface area contributed by atoms with Crippen LogP contribution in [0.1, 0.15) is 26.7 Å². The molecule has 1 saturated heterocycles. The van der Waals surface area contributed by atoms with Gasteiger partial charge in [-0.15, -0.1) is 11.8 Å². The second kappa shape index (κ2) is 8.17. The van der Waals surface area contributed by atoms with E-state index in [-0.39, 0.29) is 23.0 Å². The molecule has 1 heterocycles. The fourth-order valence-corrected chi connectivity index (χ4v) is 5.36. The van der Waals surface area contributed by atoms with E-state index in [1.54, 1.807) is 24.3 Å². The zero-order valence-electron chi connectivity index (χ0n) is 13.5. The van der Waals surface area contributed by atoms with Gasteiger partial charge in [0.15, 0.2) is 9.84 Å². The number of nitrogens with one attached hydrogen (secondary N) is 2. The highest BCUT2D eigenvalue weighted by Crippen LogP contribution is 2.30. The lowest BCUT2D eigenvalue weighted by Crippen LogP contribution is -2.40. The monoisotopic (exact) mass is 356 g/mol. The molecule has 5 nitrogen and oxygen atoms in total. The van der Waals surface area contributed by atoms with Crippen molar-refractivity contribution in [3.63, 3.8) is 0 Å². The fraction of sp³-hybridized carbons (Fsp3) is 0.562. The van der Waals surface area contributed by atoms with Crippen molar-refractivity contribution in [1.29, 1.82) is 0 Å². The van der Waals surface area contributed by atoms with Crippen molar-refractivity contribution >= 4 is 27.5 Å². The predicted octanol–water partition coefficient (Wildman–Crippen LogP) is 1.83. The molecule has 1 aliphatic heterocycles. The number of hydrogen-bond donors (Lipinski definition) is 2. The number of hydrogen-bond acceptors (Lipinski definition) is 5. The summed E-state index contributed by atoms with van der Waals surface area (Å²) in [6.07, 6.45) is 1.51. The maximum atomic E-state index is 12.4. The highest BCUT2D eigenvalue weighted by Gasteiger charge is 2.24. The number of benzene rings is 1. The molecule has 0 bridgehead atoms. The van der Waals surface area contributed by atoms with Crippen molar-refractivity contribution in [2.45, 2.75) is 47.8 Å². The van der Waals surface area contributed by atoms with Crippen LogP contribution in [0.15, 0.2) is 34.1 Å². The minimum absolute atomic E-state index is 0.0496. The first kappa shape index (κ1) is 18.3. The van der Waals surface area contributed by atoms with Crippen LogP contribution in [0.25, 0.3) is 0 Å². The molecule has 1 amide bonds. The minimum atomic E-state index is -3.30. The van der Waals surface area contributed by atoms with Crippen LogP contribution in [0.5, 0.6) is 0 Å². The number of carbonyl (C=O) groups excluding carboxylic acids is 1. The molecule has 0 radical (unpaired) electrons. The molecule has 7 heteroatoms. The normalized spacial score (nSPS) is 19.5. The highest BCUT2D eigenvalue weighted by molar-refractivity contribution is 8.01. The van der Waals surface area contributed by atoms with Crippen LogP contribution in [0.2, 0.25) is 0 Å². The van der Waals surface area contributed by atoms with Gasteiger partial charge in [0.05, 0.1) is 15.9 Å². The summed E-state index contributed by atoms with van der Waals surface area (Å²) in [4.78, 5) is 13.3. The quantitative estimate of drug-likeness (QED) is 0.729. The molecule has 0 aromatic heterocycles. The summed E-state index contributed by atoms with van der Waals surface area (Å²) >= 11 is 1.30. The molecular weight excluding hydrogens is 332 g/mol. The minimum Gasteiger partial charge on any atom is -0.351 e. The predicted molar refractivity (Wildman–Crippen MR) is 93.5 cm³/mol. The van der Waals surface area contributed by atoms with Gasteiger partial charge in [-0.05, 0) is 38.4 Å². The SMILES string of the molecule is CCCS(=O)(=O)c1ccccc1SC(C)C(=O)NC1CCNC1. The Hall–Kier alpha value is -1.05. The average molecular weight is 357 g/mol. The van der Waals surface area contributed by atoms with E-state index in [1.165, 1.54) is 11.8 Å². The molecular formula is C16H24N2O3S2. The van der Waals surface area contributed by atoms with Crippen LogP contribution in [0.3, 0.4) is 0 Å². The smallest absolute Gasteiger partial charge is 0.233 e. The van der Waals surface area contributed by atoms with Gasteiger partial charge in [0.1, 0.15) is 0 Å². The molecule has 1 aromatic rings. The molecule has 1 fully saturated rings. The third kappa shape index (κ3) is 4.96. The molecule has 2 atom stereocenters. The zero-order valence-corrected chi connectivity index (χ0v) is 15.2. The van der Waals surface area contributed by atoms with Gasteiger partial charge in [0, 0.05) is 17.5 Å². The van der Waals surface area contributed by atoms with E-state index in [1.807, 2.05) is 13.8 Å². The van der Waals surface area contributed by atoms with Crippen molar-refractivity contribution in [3.8, 4) is 0 Å². The first-order valence-electron chi connectivity index (χ1n) is 7.93. The Kier molecular flexibility index (Phi) is 6.50. The van der Waals surface area contributed by atoms with Gasteiger partial charge in [-0.2, -0.15) is 0 Å². The number of amides is 1. The summed E-state index contributed by atoms with van der Waals surface area (Å²) in [5.74, 6) is 0.0743. The van der Waals surface area contributed by atoms with E-state index in [4.69, 9.17) is 0 Å². The second-order valence-corrected chi connectivity index (χ2v) is 9.18. The number of carbonyl (C=O) groups is 1. The fourth-order valence-electron chi connectivity index (χ4n) is 2.52. The van der Waals surface area contributed by atoms with Gasteiger partial charge in [0.2, 0.25) is 5.91 Å². The maximum Gasteiger partial charge on any atom is 0.233 e. The maximum absolute atomic E-state index is 12.4. The Morgan fingerprint density at radius 2 is 2.17 bits per heavy atom. The van der Waals surface area contributed by atoms with E-state index in [0.29, 0.717) is 16.2 Å². The Labute approximate surface area is 142 Å². The van der Waals surface area contributed by atoms with Gasteiger partial charge >= 0.3 is 0 Å². The lowest BCUT2D eigenvalue weighted by molar-refractivity contribution is -0.120. The summed E-state index contributed by atoms with van der Waals surface area (Å²) in [6.45, 7) is 5.37. The summed E-state index contributed by atoms with van der Waals surface area (Å²) in [6, 6.07) is 7.09. The second-order valence-electron chi connectivity index (χ2n) is 5.72. The molecule has 1 aliphatic rings. The number of thioether (sulfide) groups is 1. The van der Waals surface area contributed by atoms with Crippen LogP contribution < -0.4 is 10.6 Å². The Morgan fingerprint density at radius 3 is 2.83 bits per heavy atom. The Balaban J connectivity index is 2.08. The molecule has 2 N–H and O–H groups in total. The van der Waals surface area contributed by atoms with E-state index in [9.17, 15) is 13.2 Å². The summed E-state index contributed by atoms with van der Waals surface area (Å²) in [7, 11) is -3.30. The Morgan fingerprint density at radius 1 is 1.43 bits per heavy atom. The van der Waals surface area contributed by atoms with Crippen LogP contribution in [-0.4, -0.2) is 44.5 Å². The van der Waals surface area contributed by atoms with Crippen molar-refractivity contribution in [3.05, 3.63) is 24.3 Å². The molecule has 0 spiro atoms. The van der Waals surface area contributed by atoms with E-state index in [0.717, 1.165) is 19.5 Å². The molecule has 1 aromatic carbocycles. The lowest BCUT2D eigenvalue weighted by Gasteiger charge is -2.17.